The molecule has 4 heteroatoms. The average molecular weight is 338 g/mol. The van der Waals surface area contributed by atoms with Crippen molar-refractivity contribution in [2.45, 2.75) is 53.2 Å². The zero-order chi connectivity index (χ0) is 17.2. The van der Waals surface area contributed by atoms with E-state index < -0.39 is 5.60 Å². The minimum atomic E-state index is -0.409. The third-order valence-electron chi connectivity index (χ3n) is 4.43. The molecule has 23 heavy (non-hydrogen) atoms. The molecule has 0 amide bonds. The summed E-state index contributed by atoms with van der Waals surface area (Å²) in [5.74, 6) is 0.753. The molecule has 3 nitrogen and oxygen atoms in total. The second-order valence-electron chi connectivity index (χ2n) is 7.76. The smallest absolute Gasteiger partial charge is 0.306 e. The maximum absolute atomic E-state index is 12.1. The van der Waals surface area contributed by atoms with Gasteiger partial charge in [0.1, 0.15) is 5.60 Å². The van der Waals surface area contributed by atoms with Gasteiger partial charge in [-0.05, 0) is 56.7 Å². The van der Waals surface area contributed by atoms with Gasteiger partial charge in [-0.2, -0.15) is 0 Å². The van der Waals surface area contributed by atoms with Gasteiger partial charge in [0.05, 0.1) is 0 Å². The molecule has 0 aromatic heterocycles. The van der Waals surface area contributed by atoms with Gasteiger partial charge in [-0.15, -0.1) is 0 Å². The largest absolute Gasteiger partial charge is 0.460 e. The number of likely N-dealkylation sites (tertiary alicyclic amines) is 1. The average Bonchev–Trinajstić information content (AvgIpc) is 2.72. The zero-order valence-electron chi connectivity index (χ0n) is 14.9. The molecular formula is C19H28ClNO2. The van der Waals surface area contributed by atoms with Crippen molar-refractivity contribution in [3.8, 4) is 0 Å². The lowest BCUT2D eigenvalue weighted by Gasteiger charge is -2.22. The van der Waals surface area contributed by atoms with Crippen LogP contribution in [-0.4, -0.2) is 29.6 Å². The second-order valence-corrected chi connectivity index (χ2v) is 8.16. The van der Waals surface area contributed by atoms with E-state index >= 15 is 0 Å². The molecule has 1 fully saturated rings. The van der Waals surface area contributed by atoms with E-state index in [0.29, 0.717) is 18.3 Å². The van der Waals surface area contributed by atoms with E-state index in [2.05, 4.69) is 24.8 Å². The van der Waals surface area contributed by atoms with Crippen LogP contribution in [0, 0.1) is 18.8 Å². The molecule has 0 spiro atoms. The van der Waals surface area contributed by atoms with Crippen LogP contribution in [0.25, 0.3) is 0 Å². The number of benzene rings is 1. The molecule has 0 bridgehead atoms. The highest BCUT2D eigenvalue weighted by molar-refractivity contribution is 6.31. The first kappa shape index (κ1) is 18.3. The summed E-state index contributed by atoms with van der Waals surface area (Å²) < 4.78 is 5.46. The van der Waals surface area contributed by atoms with E-state index in [9.17, 15) is 4.79 Å². The number of hydrogen-bond acceptors (Lipinski definition) is 3. The first-order chi connectivity index (χ1) is 10.7. The molecule has 0 saturated carbocycles. The fraction of sp³-hybridized carbons (Fsp3) is 0.632. The maximum atomic E-state index is 12.1. The standard InChI is InChI=1S/C19H28ClNO2/c1-13-7-6-8-17(20)16(13)12-21-10-14(2)15(11-21)9-18(22)23-19(3,4)5/h6-8,14-15H,9-12H2,1-5H3/t14-,15+/m0/s1. The molecule has 1 aromatic rings. The van der Waals surface area contributed by atoms with Crippen molar-refractivity contribution in [2.75, 3.05) is 13.1 Å². The number of carbonyl (C=O) groups is 1. The van der Waals surface area contributed by atoms with Gasteiger partial charge in [0.15, 0.2) is 0 Å². The monoisotopic (exact) mass is 337 g/mol. The molecule has 1 heterocycles. The SMILES string of the molecule is Cc1cccc(Cl)c1CN1C[C@@H](CC(=O)OC(C)(C)C)[C@@H](C)C1. The van der Waals surface area contributed by atoms with Crippen molar-refractivity contribution in [3.05, 3.63) is 34.3 Å². The molecule has 0 radical (unpaired) electrons. The van der Waals surface area contributed by atoms with Gasteiger partial charge in [0.25, 0.3) is 0 Å². The molecular weight excluding hydrogens is 310 g/mol. The van der Waals surface area contributed by atoms with Crippen LogP contribution in [0.1, 0.15) is 45.2 Å². The quantitative estimate of drug-likeness (QED) is 0.760. The summed E-state index contributed by atoms with van der Waals surface area (Å²) in [4.78, 5) is 14.5. The Morgan fingerprint density at radius 2 is 2.04 bits per heavy atom. The molecule has 0 unspecified atom stereocenters. The van der Waals surface area contributed by atoms with Crippen molar-refractivity contribution < 1.29 is 9.53 Å². The molecule has 2 rings (SSSR count). The Morgan fingerprint density at radius 3 is 2.65 bits per heavy atom. The topological polar surface area (TPSA) is 29.5 Å². The Morgan fingerprint density at radius 1 is 1.35 bits per heavy atom. The molecule has 0 aliphatic carbocycles. The number of esters is 1. The van der Waals surface area contributed by atoms with Crippen molar-refractivity contribution in [2.24, 2.45) is 11.8 Å². The van der Waals surface area contributed by atoms with Gasteiger partial charge < -0.3 is 4.74 Å². The van der Waals surface area contributed by atoms with Gasteiger partial charge in [0.2, 0.25) is 0 Å². The Labute approximate surface area is 145 Å². The summed E-state index contributed by atoms with van der Waals surface area (Å²) in [6, 6.07) is 6.03. The van der Waals surface area contributed by atoms with Crippen molar-refractivity contribution in [1.82, 2.24) is 4.90 Å². The lowest BCUT2D eigenvalue weighted by molar-refractivity contribution is -0.156. The third kappa shape index (κ3) is 5.22. The zero-order valence-corrected chi connectivity index (χ0v) is 15.6. The van der Waals surface area contributed by atoms with Crippen molar-refractivity contribution in [1.29, 1.82) is 0 Å². The number of aryl methyl sites for hydroxylation is 1. The van der Waals surface area contributed by atoms with Gasteiger partial charge in [-0.3, -0.25) is 9.69 Å². The van der Waals surface area contributed by atoms with E-state index in [1.807, 2.05) is 32.9 Å². The minimum Gasteiger partial charge on any atom is -0.460 e. The minimum absolute atomic E-state index is 0.0925. The van der Waals surface area contributed by atoms with E-state index in [0.717, 1.165) is 24.7 Å². The summed E-state index contributed by atoms with van der Waals surface area (Å²) in [6.45, 7) is 12.8. The first-order valence-electron chi connectivity index (χ1n) is 8.34. The molecule has 2 atom stereocenters. The van der Waals surface area contributed by atoms with Crippen LogP contribution in [0.15, 0.2) is 18.2 Å². The van der Waals surface area contributed by atoms with Crippen LogP contribution in [0.4, 0.5) is 0 Å². The van der Waals surface area contributed by atoms with Crippen LogP contribution in [-0.2, 0) is 16.1 Å². The molecule has 1 aliphatic rings. The summed E-state index contributed by atoms with van der Waals surface area (Å²) in [6.07, 6.45) is 0.496. The van der Waals surface area contributed by atoms with Crippen LogP contribution in [0.3, 0.4) is 0 Å². The third-order valence-corrected chi connectivity index (χ3v) is 4.78. The van der Waals surface area contributed by atoms with E-state index in [4.69, 9.17) is 16.3 Å². The van der Waals surface area contributed by atoms with Crippen molar-refractivity contribution in [3.63, 3.8) is 0 Å². The maximum Gasteiger partial charge on any atom is 0.306 e. The summed E-state index contributed by atoms with van der Waals surface area (Å²) >= 11 is 6.34. The fourth-order valence-electron chi connectivity index (χ4n) is 3.22. The van der Waals surface area contributed by atoms with E-state index in [1.54, 1.807) is 0 Å². The fourth-order valence-corrected chi connectivity index (χ4v) is 3.51. The molecule has 0 N–H and O–H groups in total. The summed E-state index contributed by atoms with van der Waals surface area (Å²) in [5, 5.41) is 0.827. The van der Waals surface area contributed by atoms with Crippen LogP contribution in [0.5, 0.6) is 0 Å². The Bertz CT molecular complexity index is 545. The number of ether oxygens (including phenoxy) is 1. The predicted molar refractivity (Wildman–Crippen MR) is 94.6 cm³/mol. The molecule has 128 valence electrons. The Balaban J connectivity index is 1.95. The Hall–Kier alpha value is -1.06. The Kier molecular flexibility index (Phi) is 5.74. The van der Waals surface area contributed by atoms with Gasteiger partial charge in [-0.25, -0.2) is 0 Å². The first-order valence-corrected chi connectivity index (χ1v) is 8.71. The number of rotatable bonds is 4. The lowest BCUT2D eigenvalue weighted by atomic mass is 9.95. The van der Waals surface area contributed by atoms with Gasteiger partial charge >= 0.3 is 5.97 Å². The predicted octanol–water partition coefficient (Wildman–Crippen LogP) is 4.45. The van der Waals surface area contributed by atoms with Crippen LogP contribution in [0.2, 0.25) is 5.02 Å². The van der Waals surface area contributed by atoms with E-state index in [1.165, 1.54) is 11.1 Å². The van der Waals surface area contributed by atoms with Crippen LogP contribution < -0.4 is 0 Å². The number of halogens is 1. The van der Waals surface area contributed by atoms with Gasteiger partial charge in [0, 0.05) is 31.1 Å². The summed E-state index contributed by atoms with van der Waals surface area (Å²) in [5.41, 5.74) is 2.01. The number of nitrogens with zero attached hydrogens (tertiary/aromatic N) is 1. The highest BCUT2D eigenvalue weighted by atomic mass is 35.5. The highest BCUT2D eigenvalue weighted by Gasteiger charge is 2.32. The highest BCUT2D eigenvalue weighted by Crippen LogP contribution is 2.30. The van der Waals surface area contributed by atoms with E-state index in [-0.39, 0.29) is 5.97 Å². The summed E-state index contributed by atoms with van der Waals surface area (Å²) in [7, 11) is 0. The second kappa shape index (κ2) is 7.23. The van der Waals surface area contributed by atoms with Crippen molar-refractivity contribution >= 4 is 17.6 Å². The number of hydrogen-bond donors (Lipinski definition) is 0. The molecule has 1 aliphatic heterocycles. The molecule has 1 saturated heterocycles. The lowest BCUT2D eigenvalue weighted by Crippen LogP contribution is -2.27. The number of carbonyl (C=O) groups excluding carboxylic acids is 1. The van der Waals surface area contributed by atoms with Gasteiger partial charge in [-0.1, -0.05) is 30.7 Å². The van der Waals surface area contributed by atoms with Crippen LogP contribution >= 0.6 is 11.6 Å². The normalized spacial score (nSPS) is 22.3. The molecule has 1 aromatic carbocycles.